The van der Waals surface area contributed by atoms with Crippen LogP contribution >= 0.6 is 0 Å². The van der Waals surface area contributed by atoms with Crippen molar-refractivity contribution in [3.05, 3.63) is 29.6 Å². The van der Waals surface area contributed by atoms with Crippen LogP contribution in [-0.2, 0) is 0 Å². The van der Waals surface area contributed by atoms with Crippen LogP contribution in [0.15, 0.2) is 18.2 Å². The number of hydrogen-bond acceptors (Lipinski definition) is 1. The van der Waals surface area contributed by atoms with Crippen molar-refractivity contribution in [3.8, 4) is 5.75 Å². The van der Waals surface area contributed by atoms with Crippen LogP contribution in [0.3, 0.4) is 0 Å². The summed E-state index contributed by atoms with van der Waals surface area (Å²) >= 11 is 0. The second kappa shape index (κ2) is 5.38. The number of hydrogen-bond donors (Lipinski definition) is 0. The average Bonchev–Trinajstić information content (AvgIpc) is 2.23. The van der Waals surface area contributed by atoms with Gasteiger partial charge in [0.1, 0.15) is 0 Å². The topological polar surface area (TPSA) is 9.23 Å². The van der Waals surface area contributed by atoms with Gasteiger partial charge in [0.25, 0.3) is 0 Å². The number of halogens is 4. The van der Waals surface area contributed by atoms with Crippen LogP contribution in [0, 0.1) is 5.82 Å². The maximum absolute atomic E-state index is 13.8. The van der Waals surface area contributed by atoms with E-state index in [0.29, 0.717) is 12.8 Å². The molecule has 96 valence electrons. The lowest BCUT2D eigenvalue weighted by Gasteiger charge is -2.16. The van der Waals surface area contributed by atoms with Crippen LogP contribution in [-0.4, -0.2) is 6.36 Å². The van der Waals surface area contributed by atoms with Gasteiger partial charge in [-0.1, -0.05) is 26.0 Å². The lowest BCUT2D eigenvalue weighted by atomic mass is 9.93. The smallest absolute Gasteiger partial charge is 0.403 e. The quantitative estimate of drug-likeness (QED) is 0.708. The van der Waals surface area contributed by atoms with E-state index in [1.807, 2.05) is 13.8 Å². The molecule has 0 aliphatic rings. The molecule has 1 nitrogen and oxygen atoms in total. The molecule has 0 fully saturated rings. The molecule has 0 aliphatic heterocycles. The molecule has 1 rings (SSSR count). The predicted octanol–water partition coefficient (Wildman–Crippen LogP) is 4.63. The first-order valence-electron chi connectivity index (χ1n) is 5.43. The van der Waals surface area contributed by atoms with Crippen LogP contribution in [0.4, 0.5) is 17.6 Å². The molecule has 0 saturated carbocycles. The summed E-state index contributed by atoms with van der Waals surface area (Å²) in [6.07, 6.45) is -3.53. The highest BCUT2D eigenvalue weighted by atomic mass is 19.4. The van der Waals surface area contributed by atoms with E-state index in [1.165, 1.54) is 12.1 Å². The Kier molecular flexibility index (Phi) is 4.37. The zero-order chi connectivity index (χ0) is 13.1. The summed E-state index contributed by atoms with van der Waals surface area (Å²) in [5, 5.41) is 0. The summed E-state index contributed by atoms with van der Waals surface area (Å²) in [4.78, 5) is 0. The fourth-order valence-corrected chi connectivity index (χ4v) is 1.78. The normalized spacial score (nSPS) is 11.9. The molecule has 0 bridgehead atoms. The Balaban J connectivity index is 3.07. The molecule has 17 heavy (non-hydrogen) atoms. The van der Waals surface area contributed by atoms with Crippen LogP contribution in [0.1, 0.15) is 38.2 Å². The van der Waals surface area contributed by atoms with E-state index >= 15 is 0 Å². The van der Waals surface area contributed by atoms with Gasteiger partial charge in [0.05, 0.1) is 0 Å². The fraction of sp³-hybridized carbons (Fsp3) is 0.500. The van der Waals surface area contributed by atoms with Crippen molar-refractivity contribution in [2.24, 2.45) is 0 Å². The largest absolute Gasteiger partial charge is 0.573 e. The van der Waals surface area contributed by atoms with Crippen molar-refractivity contribution in [1.82, 2.24) is 0 Å². The predicted molar refractivity (Wildman–Crippen MR) is 56.4 cm³/mol. The number of ether oxygens (including phenoxy) is 1. The van der Waals surface area contributed by atoms with Gasteiger partial charge in [0.15, 0.2) is 11.6 Å². The molecule has 0 atom stereocenters. The Morgan fingerprint density at radius 2 is 1.76 bits per heavy atom. The molecule has 0 saturated heterocycles. The molecule has 1 aromatic rings. The second-order valence-corrected chi connectivity index (χ2v) is 3.72. The summed E-state index contributed by atoms with van der Waals surface area (Å²) in [5.74, 6) is -1.77. The first-order chi connectivity index (χ1) is 7.89. The van der Waals surface area contributed by atoms with E-state index in [9.17, 15) is 17.6 Å². The molecule has 0 heterocycles. The lowest BCUT2D eigenvalue weighted by molar-refractivity contribution is -0.275. The summed E-state index contributed by atoms with van der Waals surface area (Å²) in [5.41, 5.74) is 0.275. The SMILES string of the molecule is CCC(CC)c1cccc(OC(F)(F)F)c1F. The van der Waals surface area contributed by atoms with Crippen LogP contribution in [0.5, 0.6) is 5.75 Å². The van der Waals surface area contributed by atoms with Crippen molar-refractivity contribution in [3.63, 3.8) is 0 Å². The third-order valence-electron chi connectivity index (χ3n) is 2.64. The standard InChI is InChI=1S/C12H14F4O/c1-3-8(4-2)9-6-5-7-10(11(9)13)17-12(14,15)16/h5-8H,3-4H2,1-2H3. The third kappa shape index (κ3) is 3.61. The summed E-state index contributed by atoms with van der Waals surface area (Å²) < 4.78 is 53.5. The highest BCUT2D eigenvalue weighted by molar-refractivity contribution is 5.33. The molecule has 0 aromatic heterocycles. The van der Waals surface area contributed by atoms with Crippen LogP contribution in [0.2, 0.25) is 0 Å². The van der Waals surface area contributed by atoms with Gasteiger partial charge in [-0.15, -0.1) is 13.2 Å². The molecule has 0 aliphatic carbocycles. The van der Waals surface area contributed by atoms with Crippen molar-refractivity contribution in [2.45, 2.75) is 39.0 Å². The number of rotatable bonds is 4. The van der Waals surface area contributed by atoms with Gasteiger partial charge in [0, 0.05) is 0 Å². The van der Waals surface area contributed by atoms with Gasteiger partial charge in [-0.3, -0.25) is 0 Å². The third-order valence-corrected chi connectivity index (χ3v) is 2.64. The Hall–Kier alpha value is -1.26. The molecule has 1 aromatic carbocycles. The van der Waals surface area contributed by atoms with Gasteiger partial charge < -0.3 is 4.74 Å². The van der Waals surface area contributed by atoms with E-state index in [0.717, 1.165) is 6.07 Å². The Morgan fingerprint density at radius 3 is 2.24 bits per heavy atom. The molecule has 0 spiro atoms. The van der Waals surface area contributed by atoms with Gasteiger partial charge in [-0.25, -0.2) is 4.39 Å². The molecule has 0 amide bonds. The van der Waals surface area contributed by atoms with Gasteiger partial charge in [-0.05, 0) is 30.4 Å². The van der Waals surface area contributed by atoms with Crippen molar-refractivity contribution in [1.29, 1.82) is 0 Å². The van der Waals surface area contributed by atoms with Crippen molar-refractivity contribution >= 4 is 0 Å². The first-order valence-corrected chi connectivity index (χ1v) is 5.43. The second-order valence-electron chi connectivity index (χ2n) is 3.72. The minimum absolute atomic E-state index is 0.0909. The van der Waals surface area contributed by atoms with E-state index < -0.39 is 17.9 Å². The summed E-state index contributed by atoms with van der Waals surface area (Å²) in [7, 11) is 0. The Morgan fingerprint density at radius 1 is 1.18 bits per heavy atom. The van der Waals surface area contributed by atoms with Crippen LogP contribution < -0.4 is 4.74 Å². The van der Waals surface area contributed by atoms with Gasteiger partial charge in [-0.2, -0.15) is 0 Å². The minimum Gasteiger partial charge on any atom is -0.403 e. The maximum atomic E-state index is 13.8. The average molecular weight is 250 g/mol. The number of benzene rings is 1. The summed E-state index contributed by atoms with van der Waals surface area (Å²) in [6, 6.07) is 3.85. The van der Waals surface area contributed by atoms with Crippen LogP contribution in [0.25, 0.3) is 0 Å². The molecular formula is C12H14F4O. The Labute approximate surface area is 97.4 Å². The van der Waals surface area contributed by atoms with E-state index in [1.54, 1.807) is 0 Å². The molecule has 0 N–H and O–H groups in total. The van der Waals surface area contributed by atoms with Gasteiger partial charge in [0.2, 0.25) is 0 Å². The minimum atomic E-state index is -4.87. The molecule has 5 heteroatoms. The molecule has 0 unspecified atom stereocenters. The first kappa shape index (κ1) is 13.8. The van der Waals surface area contributed by atoms with Crippen molar-refractivity contribution < 1.29 is 22.3 Å². The Bertz CT molecular complexity index is 369. The number of alkyl halides is 3. The van der Waals surface area contributed by atoms with E-state index in [2.05, 4.69) is 4.74 Å². The lowest BCUT2D eigenvalue weighted by Crippen LogP contribution is -2.18. The zero-order valence-corrected chi connectivity index (χ0v) is 9.64. The van der Waals surface area contributed by atoms with Crippen molar-refractivity contribution in [2.75, 3.05) is 0 Å². The maximum Gasteiger partial charge on any atom is 0.573 e. The monoisotopic (exact) mass is 250 g/mol. The zero-order valence-electron chi connectivity index (χ0n) is 9.64. The summed E-state index contributed by atoms with van der Waals surface area (Å²) in [6.45, 7) is 3.73. The highest BCUT2D eigenvalue weighted by Gasteiger charge is 2.33. The molecular weight excluding hydrogens is 236 g/mol. The van der Waals surface area contributed by atoms with E-state index in [-0.39, 0.29) is 11.5 Å². The fourth-order valence-electron chi connectivity index (χ4n) is 1.78. The van der Waals surface area contributed by atoms with E-state index in [4.69, 9.17) is 0 Å². The molecule has 0 radical (unpaired) electrons. The van der Waals surface area contributed by atoms with Gasteiger partial charge >= 0.3 is 6.36 Å². The highest BCUT2D eigenvalue weighted by Crippen LogP contribution is 2.32.